The van der Waals surface area contributed by atoms with Gasteiger partial charge in [0.25, 0.3) is 0 Å². The van der Waals surface area contributed by atoms with Crippen LogP contribution in [-0.2, 0) is 4.74 Å². The zero-order chi connectivity index (χ0) is 12.3. The number of nitrogens with one attached hydrogen (secondary N) is 2. The third-order valence-corrected chi connectivity index (χ3v) is 2.02. The topological polar surface area (TPSA) is 70.6 Å². The Kier molecular flexibility index (Phi) is 6.78. The molecule has 0 fully saturated rings. The summed E-state index contributed by atoms with van der Waals surface area (Å²) in [5, 5.41) is 13.9. The van der Waals surface area contributed by atoms with Crippen LogP contribution >= 0.6 is 0 Å². The van der Waals surface area contributed by atoms with Gasteiger partial charge in [-0.1, -0.05) is 18.2 Å². The SMILES string of the molecule is O=C(NCCCOCCO)Nc1ccccc1. The molecule has 0 aliphatic rings. The van der Waals surface area contributed by atoms with Crippen LogP contribution in [0.5, 0.6) is 0 Å². The lowest BCUT2D eigenvalue weighted by Gasteiger charge is -2.07. The fraction of sp³-hybridized carbons (Fsp3) is 0.417. The number of amides is 2. The molecule has 17 heavy (non-hydrogen) atoms. The van der Waals surface area contributed by atoms with E-state index in [0.717, 1.165) is 12.1 Å². The number of carbonyl (C=O) groups excluding carboxylic acids is 1. The first kappa shape index (κ1) is 13.5. The second-order valence-corrected chi connectivity index (χ2v) is 3.44. The normalized spacial score (nSPS) is 9.94. The number of anilines is 1. The highest BCUT2D eigenvalue weighted by Crippen LogP contribution is 2.03. The van der Waals surface area contributed by atoms with Crippen LogP contribution in [0.2, 0.25) is 0 Å². The molecular weight excluding hydrogens is 220 g/mol. The van der Waals surface area contributed by atoms with Gasteiger partial charge in [0.1, 0.15) is 0 Å². The molecule has 0 bridgehead atoms. The number of para-hydroxylation sites is 1. The highest BCUT2D eigenvalue weighted by Gasteiger charge is 1.99. The largest absolute Gasteiger partial charge is 0.394 e. The van der Waals surface area contributed by atoms with Gasteiger partial charge in [-0.2, -0.15) is 0 Å². The van der Waals surface area contributed by atoms with Crippen molar-refractivity contribution in [1.29, 1.82) is 0 Å². The van der Waals surface area contributed by atoms with Crippen LogP contribution in [0.4, 0.5) is 10.5 Å². The average molecular weight is 238 g/mol. The minimum Gasteiger partial charge on any atom is -0.394 e. The second kappa shape index (κ2) is 8.55. The van der Waals surface area contributed by atoms with Crippen molar-refractivity contribution < 1.29 is 14.6 Å². The van der Waals surface area contributed by atoms with E-state index >= 15 is 0 Å². The molecule has 0 saturated heterocycles. The Hall–Kier alpha value is -1.59. The molecule has 1 aromatic rings. The molecule has 1 rings (SSSR count). The van der Waals surface area contributed by atoms with Gasteiger partial charge in [0.05, 0.1) is 13.2 Å². The quantitative estimate of drug-likeness (QED) is 0.625. The lowest BCUT2D eigenvalue weighted by atomic mass is 10.3. The maximum absolute atomic E-state index is 11.4. The van der Waals surface area contributed by atoms with Crippen LogP contribution in [0.15, 0.2) is 30.3 Å². The smallest absolute Gasteiger partial charge is 0.319 e. The minimum absolute atomic E-state index is 0.0297. The highest BCUT2D eigenvalue weighted by atomic mass is 16.5. The molecule has 0 radical (unpaired) electrons. The molecule has 0 saturated carbocycles. The van der Waals surface area contributed by atoms with E-state index in [2.05, 4.69) is 10.6 Å². The molecule has 3 N–H and O–H groups in total. The van der Waals surface area contributed by atoms with E-state index in [0.29, 0.717) is 19.8 Å². The summed E-state index contributed by atoms with van der Waals surface area (Å²) in [4.78, 5) is 11.4. The lowest BCUT2D eigenvalue weighted by molar-refractivity contribution is 0.0910. The summed E-state index contributed by atoms with van der Waals surface area (Å²) in [6.07, 6.45) is 0.724. The summed E-state index contributed by atoms with van der Waals surface area (Å²) in [7, 11) is 0. The van der Waals surface area contributed by atoms with Gasteiger partial charge in [0.2, 0.25) is 0 Å². The number of benzene rings is 1. The minimum atomic E-state index is -0.224. The van der Waals surface area contributed by atoms with Gasteiger partial charge in [-0.15, -0.1) is 0 Å². The van der Waals surface area contributed by atoms with Gasteiger partial charge in [-0.25, -0.2) is 4.79 Å². The molecule has 0 aromatic heterocycles. The van der Waals surface area contributed by atoms with Crippen molar-refractivity contribution in [2.45, 2.75) is 6.42 Å². The zero-order valence-corrected chi connectivity index (χ0v) is 9.69. The van der Waals surface area contributed by atoms with E-state index in [4.69, 9.17) is 9.84 Å². The monoisotopic (exact) mass is 238 g/mol. The summed E-state index contributed by atoms with van der Waals surface area (Å²) in [6.45, 7) is 1.45. The standard InChI is InChI=1S/C12H18N2O3/c15-8-10-17-9-4-7-13-12(16)14-11-5-2-1-3-6-11/h1-3,5-6,15H,4,7-10H2,(H2,13,14,16). The summed E-state index contributed by atoms with van der Waals surface area (Å²) in [5.41, 5.74) is 0.765. The number of ether oxygens (including phenoxy) is 1. The average Bonchev–Trinajstić information content (AvgIpc) is 2.35. The third-order valence-electron chi connectivity index (χ3n) is 2.02. The van der Waals surface area contributed by atoms with Gasteiger partial charge >= 0.3 is 6.03 Å². The number of hydrogen-bond acceptors (Lipinski definition) is 3. The first-order valence-electron chi connectivity index (χ1n) is 5.61. The van der Waals surface area contributed by atoms with Crippen molar-refractivity contribution in [2.24, 2.45) is 0 Å². The summed E-state index contributed by atoms with van der Waals surface area (Å²) in [5.74, 6) is 0. The van der Waals surface area contributed by atoms with Gasteiger partial charge in [-0.05, 0) is 18.6 Å². The second-order valence-electron chi connectivity index (χ2n) is 3.44. The number of aliphatic hydroxyl groups excluding tert-OH is 1. The first-order chi connectivity index (χ1) is 8.33. The fourth-order valence-corrected chi connectivity index (χ4v) is 1.24. The number of hydrogen-bond donors (Lipinski definition) is 3. The molecule has 0 heterocycles. The molecule has 5 heteroatoms. The third kappa shape index (κ3) is 6.55. The number of rotatable bonds is 7. The molecule has 2 amide bonds. The molecule has 0 aliphatic carbocycles. The Morgan fingerprint density at radius 2 is 2.00 bits per heavy atom. The van der Waals surface area contributed by atoms with Crippen LogP contribution in [0.25, 0.3) is 0 Å². The summed E-state index contributed by atoms with van der Waals surface area (Å²) in [6, 6.07) is 9.03. The predicted octanol–water partition coefficient (Wildman–Crippen LogP) is 1.21. The van der Waals surface area contributed by atoms with E-state index < -0.39 is 0 Å². The summed E-state index contributed by atoms with van der Waals surface area (Å²) >= 11 is 0. The Labute approximate surface area is 101 Å². The predicted molar refractivity (Wildman–Crippen MR) is 66.0 cm³/mol. The zero-order valence-electron chi connectivity index (χ0n) is 9.69. The summed E-state index contributed by atoms with van der Waals surface area (Å²) < 4.78 is 5.06. The molecule has 0 spiro atoms. The van der Waals surface area contributed by atoms with E-state index in [1.807, 2.05) is 30.3 Å². The molecule has 5 nitrogen and oxygen atoms in total. The molecule has 94 valence electrons. The number of aliphatic hydroxyl groups is 1. The van der Waals surface area contributed by atoms with Crippen LogP contribution in [-0.4, -0.2) is 37.5 Å². The van der Waals surface area contributed by atoms with E-state index in [9.17, 15) is 4.79 Å². The molecule has 0 aliphatic heterocycles. The van der Waals surface area contributed by atoms with E-state index in [1.54, 1.807) is 0 Å². The Morgan fingerprint density at radius 3 is 2.71 bits per heavy atom. The van der Waals surface area contributed by atoms with Crippen LogP contribution in [0.3, 0.4) is 0 Å². The first-order valence-corrected chi connectivity index (χ1v) is 5.61. The van der Waals surface area contributed by atoms with E-state index in [1.165, 1.54) is 0 Å². The van der Waals surface area contributed by atoms with Crippen molar-refractivity contribution in [2.75, 3.05) is 31.7 Å². The van der Waals surface area contributed by atoms with Crippen molar-refractivity contribution >= 4 is 11.7 Å². The van der Waals surface area contributed by atoms with Crippen LogP contribution in [0, 0.1) is 0 Å². The van der Waals surface area contributed by atoms with Crippen molar-refractivity contribution in [3.63, 3.8) is 0 Å². The van der Waals surface area contributed by atoms with Crippen LogP contribution < -0.4 is 10.6 Å². The van der Waals surface area contributed by atoms with Crippen molar-refractivity contribution in [1.82, 2.24) is 5.32 Å². The molecule has 0 atom stereocenters. The van der Waals surface area contributed by atoms with Gasteiger partial charge in [0.15, 0.2) is 0 Å². The van der Waals surface area contributed by atoms with E-state index in [-0.39, 0.29) is 12.6 Å². The van der Waals surface area contributed by atoms with Gasteiger partial charge in [-0.3, -0.25) is 0 Å². The van der Waals surface area contributed by atoms with Crippen LogP contribution in [0.1, 0.15) is 6.42 Å². The highest BCUT2D eigenvalue weighted by molar-refractivity contribution is 5.89. The van der Waals surface area contributed by atoms with Crippen molar-refractivity contribution in [3.8, 4) is 0 Å². The molecule has 1 aromatic carbocycles. The number of urea groups is 1. The Balaban J connectivity index is 2.06. The maximum Gasteiger partial charge on any atom is 0.319 e. The number of carbonyl (C=O) groups is 1. The fourth-order valence-electron chi connectivity index (χ4n) is 1.24. The Morgan fingerprint density at radius 1 is 1.24 bits per heavy atom. The maximum atomic E-state index is 11.4. The lowest BCUT2D eigenvalue weighted by Crippen LogP contribution is -2.30. The Bertz CT molecular complexity index is 317. The van der Waals surface area contributed by atoms with Gasteiger partial charge in [0, 0.05) is 18.8 Å². The van der Waals surface area contributed by atoms with Crippen molar-refractivity contribution in [3.05, 3.63) is 30.3 Å². The molecule has 0 unspecified atom stereocenters. The molecular formula is C12H18N2O3. The van der Waals surface area contributed by atoms with Gasteiger partial charge < -0.3 is 20.5 Å².